The van der Waals surface area contributed by atoms with Crippen LogP contribution in [-0.2, 0) is 9.84 Å². The minimum Gasteiger partial charge on any atom is -0.383 e. The molecule has 0 spiro atoms. The summed E-state index contributed by atoms with van der Waals surface area (Å²) in [5, 5.41) is 2.70. The first-order valence-electron chi connectivity index (χ1n) is 5.67. The van der Waals surface area contributed by atoms with Gasteiger partial charge in [-0.25, -0.2) is 13.4 Å². The maximum Gasteiger partial charge on any atom is 0.255 e. The summed E-state index contributed by atoms with van der Waals surface area (Å²) in [4.78, 5) is 15.6. The zero-order chi connectivity index (χ0) is 13.2. The van der Waals surface area contributed by atoms with Gasteiger partial charge in [-0.1, -0.05) is 0 Å². The number of anilines is 1. The lowest BCUT2D eigenvalue weighted by molar-refractivity contribution is 0.0949. The standard InChI is InChI=1S/C11H15N3O3S/c12-10-9(2-1-4-13-10)11(15)14-6-8-3-5-18(16,17)7-8/h1-2,4,8H,3,5-7H2,(H2,12,13)(H,14,15). The van der Waals surface area contributed by atoms with Gasteiger partial charge in [-0.2, -0.15) is 0 Å². The van der Waals surface area contributed by atoms with Gasteiger partial charge in [0.1, 0.15) is 5.82 Å². The minimum atomic E-state index is -2.90. The van der Waals surface area contributed by atoms with Crippen molar-refractivity contribution in [3.63, 3.8) is 0 Å². The third-order valence-corrected chi connectivity index (χ3v) is 4.80. The molecule has 2 heterocycles. The quantitative estimate of drug-likeness (QED) is 0.793. The predicted octanol–water partition coefficient (Wildman–Crippen LogP) is -0.172. The van der Waals surface area contributed by atoms with Crippen LogP contribution in [0.2, 0.25) is 0 Å². The average molecular weight is 269 g/mol. The fourth-order valence-corrected chi connectivity index (χ4v) is 3.84. The van der Waals surface area contributed by atoms with Gasteiger partial charge in [0, 0.05) is 12.7 Å². The van der Waals surface area contributed by atoms with Crippen LogP contribution in [-0.4, -0.2) is 37.4 Å². The summed E-state index contributed by atoms with van der Waals surface area (Å²) in [7, 11) is -2.90. The van der Waals surface area contributed by atoms with Gasteiger partial charge in [-0.3, -0.25) is 4.79 Å². The number of rotatable bonds is 3. The summed E-state index contributed by atoms with van der Waals surface area (Å²) in [6.07, 6.45) is 2.11. The van der Waals surface area contributed by atoms with E-state index in [0.717, 1.165) is 0 Å². The Balaban J connectivity index is 1.92. The smallest absolute Gasteiger partial charge is 0.255 e. The molecule has 1 fully saturated rings. The summed E-state index contributed by atoms with van der Waals surface area (Å²) in [6.45, 7) is 0.354. The number of aromatic nitrogens is 1. The molecule has 1 aliphatic rings. The van der Waals surface area contributed by atoms with Crippen molar-refractivity contribution in [1.82, 2.24) is 10.3 Å². The second-order valence-corrected chi connectivity index (χ2v) is 6.64. The number of hydrogen-bond donors (Lipinski definition) is 2. The first-order chi connectivity index (χ1) is 8.48. The molecule has 1 aromatic heterocycles. The maximum absolute atomic E-state index is 11.8. The van der Waals surface area contributed by atoms with Gasteiger partial charge in [-0.05, 0) is 24.5 Å². The Kier molecular flexibility index (Phi) is 3.51. The summed E-state index contributed by atoms with van der Waals surface area (Å²) >= 11 is 0. The van der Waals surface area contributed by atoms with Crippen LogP contribution in [0.5, 0.6) is 0 Å². The van der Waals surface area contributed by atoms with Crippen LogP contribution in [0.3, 0.4) is 0 Å². The number of nitrogens with two attached hydrogens (primary N) is 1. The molecule has 7 heteroatoms. The zero-order valence-corrected chi connectivity index (χ0v) is 10.6. The molecule has 0 radical (unpaired) electrons. The maximum atomic E-state index is 11.8. The number of hydrogen-bond acceptors (Lipinski definition) is 5. The number of nitrogen functional groups attached to an aromatic ring is 1. The molecule has 6 nitrogen and oxygen atoms in total. The molecular weight excluding hydrogens is 254 g/mol. The molecule has 1 saturated heterocycles. The van der Waals surface area contributed by atoms with E-state index in [-0.39, 0.29) is 29.1 Å². The molecule has 0 saturated carbocycles. The van der Waals surface area contributed by atoms with Gasteiger partial charge in [-0.15, -0.1) is 0 Å². The van der Waals surface area contributed by atoms with Crippen LogP contribution in [0.25, 0.3) is 0 Å². The summed E-state index contributed by atoms with van der Waals surface area (Å²) in [6, 6.07) is 3.22. The lowest BCUT2D eigenvalue weighted by atomic mass is 10.1. The highest BCUT2D eigenvalue weighted by molar-refractivity contribution is 7.91. The van der Waals surface area contributed by atoms with Crippen molar-refractivity contribution in [2.45, 2.75) is 6.42 Å². The van der Waals surface area contributed by atoms with Crippen molar-refractivity contribution in [3.8, 4) is 0 Å². The molecule has 2 rings (SSSR count). The molecule has 98 valence electrons. The fourth-order valence-electron chi connectivity index (χ4n) is 1.97. The molecule has 1 atom stereocenters. The van der Waals surface area contributed by atoms with Gasteiger partial charge in [0.05, 0.1) is 17.1 Å². The van der Waals surface area contributed by atoms with E-state index in [1.54, 1.807) is 12.1 Å². The van der Waals surface area contributed by atoms with E-state index in [2.05, 4.69) is 10.3 Å². The molecular formula is C11H15N3O3S. The molecule has 1 unspecified atom stereocenters. The first-order valence-corrected chi connectivity index (χ1v) is 7.49. The van der Waals surface area contributed by atoms with Crippen LogP contribution in [0.1, 0.15) is 16.8 Å². The number of nitrogens with one attached hydrogen (secondary N) is 1. The number of pyridine rings is 1. The summed E-state index contributed by atoms with van der Waals surface area (Å²) in [5.74, 6) is 0.217. The van der Waals surface area contributed by atoms with E-state index < -0.39 is 9.84 Å². The van der Waals surface area contributed by atoms with Crippen molar-refractivity contribution in [2.75, 3.05) is 23.8 Å². The number of carbonyl (C=O) groups is 1. The van der Waals surface area contributed by atoms with E-state index in [9.17, 15) is 13.2 Å². The average Bonchev–Trinajstić information content (AvgIpc) is 2.66. The Bertz CT molecular complexity index is 556. The van der Waals surface area contributed by atoms with Crippen molar-refractivity contribution in [1.29, 1.82) is 0 Å². The predicted molar refractivity (Wildman–Crippen MR) is 67.7 cm³/mol. The van der Waals surface area contributed by atoms with Crippen molar-refractivity contribution in [2.24, 2.45) is 5.92 Å². The van der Waals surface area contributed by atoms with Crippen LogP contribution < -0.4 is 11.1 Å². The highest BCUT2D eigenvalue weighted by Gasteiger charge is 2.28. The van der Waals surface area contributed by atoms with Gasteiger partial charge in [0.15, 0.2) is 9.84 Å². The van der Waals surface area contributed by atoms with E-state index in [0.29, 0.717) is 18.5 Å². The highest BCUT2D eigenvalue weighted by Crippen LogP contribution is 2.17. The Hall–Kier alpha value is -1.63. The normalized spacial score (nSPS) is 21.7. The van der Waals surface area contributed by atoms with Gasteiger partial charge in [0.2, 0.25) is 0 Å². The number of amides is 1. The molecule has 0 aromatic carbocycles. The summed E-state index contributed by atoms with van der Waals surface area (Å²) in [5.41, 5.74) is 5.90. The highest BCUT2D eigenvalue weighted by atomic mass is 32.2. The third-order valence-electron chi connectivity index (χ3n) is 2.96. The Morgan fingerprint density at radius 2 is 2.33 bits per heavy atom. The largest absolute Gasteiger partial charge is 0.383 e. The zero-order valence-electron chi connectivity index (χ0n) is 9.80. The molecule has 1 aliphatic heterocycles. The molecule has 1 amide bonds. The molecule has 18 heavy (non-hydrogen) atoms. The lowest BCUT2D eigenvalue weighted by Gasteiger charge is -2.10. The Morgan fingerprint density at radius 3 is 2.94 bits per heavy atom. The van der Waals surface area contributed by atoms with Crippen LogP contribution >= 0.6 is 0 Å². The van der Waals surface area contributed by atoms with Crippen molar-refractivity contribution < 1.29 is 13.2 Å². The SMILES string of the molecule is Nc1ncccc1C(=O)NCC1CCS(=O)(=O)C1. The first kappa shape index (κ1) is 12.8. The van der Waals surface area contributed by atoms with Crippen molar-refractivity contribution >= 4 is 21.6 Å². The Labute approximate surface area is 106 Å². The second-order valence-electron chi connectivity index (χ2n) is 4.42. The second kappa shape index (κ2) is 4.93. The molecule has 0 aliphatic carbocycles. The van der Waals surface area contributed by atoms with E-state index >= 15 is 0 Å². The minimum absolute atomic E-state index is 0.00292. The molecule has 3 N–H and O–H groups in total. The molecule has 0 bridgehead atoms. The van der Waals surface area contributed by atoms with E-state index in [4.69, 9.17) is 5.73 Å². The van der Waals surface area contributed by atoms with E-state index in [1.807, 2.05) is 0 Å². The van der Waals surface area contributed by atoms with Gasteiger partial charge >= 0.3 is 0 Å². The lowest BCUT2D eigenvalue weighted by Crippen LogP contribution is -2.30. The van der Waals surface area contributed by atoms with E-state index in [1.165, 1.54) is 6.20 Å². The topological polar surface area (TPSA) is 102 Å². The number of nitrogens with zero attached hydrogens (tertiary/aromatic N) is 1. The number of sulfone groups is 1. The summed E-state index contributed by atoms with van der Waals surface area (Å²) < 4.78 is 22.5. The van der Waals surface area contributed by atoms with Crippen LogP contribution in [0.4, 0.5) is 5.82 Å². The third kappa shape index (κ3) is 2.98. The molecule has 1 aromatic rings. The Morgan fingerprint density at radius 1 is 1.56 bits per heavy atom. The van der Waals surface area contributed by atoms with Gasteiger partial charge < -0.3 is 11.1 Å². The number of carbonyl (C=O) groups excluding carboxylic acids is 1. The van der Waals surface area contributed by atoms with Crippen molar-refractivity contribution in [3.05, 3.63) is 23.9 Å². The monoisotopic (exact) mass is 269 g/mol. The van der Waals surface area contributed by atoms with Crippen LogP contribution in [0.15, 0.2) is 18.3 Å². The van der Waals surface area contributed by atoms with Crippen LogP contribution in [0, 0.1) is 5.92 Å². The fraction of sp³-hybridized carbons (Fsp3) is 0.455. The van der Waals surface area contributed by atoms with Gasteiger partial charge in [0.25, 0.3) is 5.91 Å².